The lowest BCUT2D eigenvalue weighted by atomic mass is 9.99. The fraction of sp³-hybridized carbons (Fsp3) is 0.750. The number of aromatic nitrogens is 3. The van der Waals surface area contributed by atoms with E-state index < -0.39 is 0 Å². The molecule has 1 aliphatic carbocycles. The Hall–Kier alpha value is -1.06. The highest BCUT2D eigenvalue weighted by atomic mass is 32.2. The molecule has 0 bridgehead atoms. The number of nitrogens with zero attached hydrogens (tertiary/aromatic N) is 3. The number of hydrogen-bond acceptors (Lipinski definition) is 5. The first-order chi connectivity index (χ1) is 8.53. The number of thioether (sulfide) groups is 1. The number of hydrogen-bond donors (Lipinski definition) is 2. The Morgan fingerprint density at radius 2 is 2.39 bits per heavy atom. The van der Waals surface area contributed by atoms with Crippen molar-refractivity contribution in [2.45, 2.75) is 62.0 Å². The van der Waals surface area contributed by atoms with Crippen molar-refractivity contribution < 1.29 is 0 Å². The lowest BCUT2D eigenvalue weighted by Crippen LogP contribution is -2.45. The molecule has 6 heteroatoms. The van der Waals surface area contributed by atoms with E-state index in [1.54, 1.807) is 11.8 Å². The van der Waals surface area contributed by atoms with Crippen LogP contribution in [0.25, 0.3) is 0 Å². The number of aromatic amines is 1. The van der Waals surface area contributed by atoms with E-state index in [1.807, 2.05) is 6.92 Å². The smallest absolute Gasteiger partial charge is 0.208 e. The summed E-state index contributed by atoms with van der Waals surface area (Å²) in [5, 5.41) is 21.0. The molecule has 2 N–H and O–H groups in total. The lowest BCUT2D eigenvalue weighted by Gasteiger charge is -2.25. The van der Waals surface area contributed by atoms with Crippen LogP contribution in [0, 0.1) is 18.3 Å². The van der Waals surface area contributed by atoms with Crippen LogP contribution in [0.3, 0.4) is 0 Å². The van der Waals surface area contributed by atoms with Crippen molar-refractivity contribution in [2.24, 2.45) is 0 Å². The Morgan fingerprint density at radius 1 is 1.61 bits per heavy atom. The summed E-state index contributed by atoms with van der Waals surface area (Å²) in [4.78, 5) is 4.30. The molecular weight excluding hydrogens is 246 g/mol. The number of nitrogens with one attached hydrogen (secondary N) is 2. The monoisotopic (exact) mass is 265 g/mol. The van der Waals surface area contributed by atoms with Gasteiger partial charge in [0.25, 0.3) is 0 Å². The van der Waals surface area contributed by atoms with Gasteiger partial charge >= 0.3 is 0 Å². The highest BCUT2D eigenvalue weighted by molar-refractivity contribution is 7.99. The molecule has 98 valence electrons. The molecule has 2 rings (SSSR count). The average molecular weight is 265 g/mol. The summed E-state index contributed by atoms with van der Waals surface area (Å²) in [7, 11) is 0. The molecule has 18 heavy (non-hydrogen) atoms. The van der Waals surface area contributed by atoms with E-state index in [2.05, 4.69) is 40.4 Å². The van der Waals surface area contributed by atoms with E-state index in [0.717, 1.165) is 30.2 Å². The van der Waals surface area contributed by atoms with Crippen molar-refractivity contribution in [3.63, 3.8) is 0 Å². The van der Waals surface area contributed by atoms with Gasteiger partial charge < -0.3 is 0 Å². The minimum Gasteiger partial charge on any atom is -0.297 e. The first kappa shape index (κ1) is 13.4. The van der Waals surface area contributed by atoms with Gasteiger partial charge in [-0.1, -0.05) is 11.8 Å². The van der Waals surface area contributed by atoms with Gasteiger partial charge in [-0.3, -0.25) is 10.4 Å². The Balaban J connectivity index is 1.97. The first-order valence-electron chi connectivity index (χ1n) is 6.27. The summed E-state index contributed by atoms with van der Waals surface area (Å²) in [5.41, 5.74) is -0.364. The van der Waals surface area contributed by atoms with E-state index in [1.165, 1.54) is 0 Å². The van der Waals surface area contributed by atoms with Gasteiger partial charge in [-0.2, -0.15) is 5.26 Å². The van der Waals surface area contributed by atoms with E-state index in [-0.39, 0.29) is 5.54 Å². The first-order valence-corrected chi connectivity index (χ1v) is 7.15. The predicted octanol–water partition coefficient (Wildman–Crippen LogP) is 2.02. The van der Waals surface area contributed by atoms with Gasteiger partial charge in [-0.15, -0.1) is 5.10 Å². The second kappa shape index (κ2) is 5.29. The third-order valence-corrected chi connectivity index (χ3v) is 4.23. The predicted molar refractivity (Wildman–Crippen MR) is 71.2 cm³/mol. The molecule has 0 aromatic carbocycles. The van der Waals surface area contributed by atoms with Crippen LogP contribution in [0.2, 0.25) is 0 Å². The highest BCUT2D eigenvalue weighted by Gasteiger charge is 2.40. The van der Waals surface area contributed by atoms with Crippen molar-refractivity contribution in [3.05, 3.63) is 5.82 Å². The Kier molecular flexibility index (Phi) is 3.93. The molecular formula is C12H19N5S. The van der Waals surface area contributed by atoms with E-state index in [4.69, 9.17) is 0 Å². The van der Waals surface area contributed by atoms with Crippen molar-refractivity contribution in [2.75, 3.05) is 0 Å². The SMILES string of the molecule is Cc1nc(SC2CCC(C#N)(NC(C)C)C2)n[nH]1. The third kappa shape index (κ3) is 3.03. The zero-order valence-corrected chi connectivity index (χ0v) is 11.8. The third-order valence-electron chi connectivity index (χ3n) is 3.10. The molecule has 0 spiro atoms. The summed E-state index contributed by atoms with van der Waals surface area (Å²) < 4.78 is 0. The van der Waals surface area contributed by atoms with Gasteiger partial charge in [0.1, 0.15) is 11.4 Å². The van der Waals surface area contributed by atoms with Crippen LogP contribution in [-0.2, 0) is 0 Å². The topological polar surface area (TPSA) is 77.4 Å². The molecule has 1 heterocycles. The van der Waals surface area contributed by atoms with Crippen LogP contribution in [0.1, 0.15) is 38.9 Å². The summed E-state index contributed by atoms with van der Waals surface area (Å²) in [6.07, 6.45) is 2.80. The number of nitriles is 1. The molecule has 1 aliphatic rings. The standard InChI is InChI=1S/C12H19N5S/c1-8(2)15-12(7-13)5-4-10(6-12)18-11-14-9(3)16-17-11/h8,10,15H,4-6H2,1-3H3,(H,14,16,17). The minimum atomic E-state index is -0.364. The van der Waals surface area contributed by atoms with Crippen LogP contribution in [0.5, 0.6) is 0 Å². The van der Waals surface area contributed by atoms with E-state index in [9.17, 15) is 5.26 Å². The molecule has 1 saturated carbocycles. The Labute approximate surface area is 112 Å². The number of H-pyrrole nitrogens is 1. The van der Waals surface area contributed by atoms with Crippen LogP contribution in [-0.4, -0.2) is 32.0 Å². The number of rotatable bonds is 4. The molecule has 0 amide bonds. The van der Waals surface area contributed by atoms with Gasteiger partial charge in [-0.25, -0.2) is 4.98 Å². The van der Waals surface area contributed by atoms with Gasteiger partial charge in [0.15, 0.2) is 0 Å². The van der Waals surface area contributed by atoms with Crippen LogP contribution in [0.15, 0.2) is 5.16 Å². The highest BCUT2D eigenvalue weighted by Crippen LogP contribution is 2.39. The minimum absolute atomic E-state index is 0.333. The fourth-order valence-corrected chi connectivity index (χ4v) is 3.63. The van der Waals surface area contributed by atoms with Gasteiger partial charge in [-0.05, 0) is 40.0 Å². The summed E-state index contributed by atoms with van der Waals surface area (Å²) in [6.45, 7) is 6.06. The molecule has 2 unspecified atom stereocenters. The zero-order chi connectivity index (χ0) is 13.2. The number of aryl methyl sites for hydroxylation is 1. The van der Waals surface area contributed by atoms with Crippen molar-refractivity contribution in [3.8, 4) is 6.07 Å². The maximum atomic E-state index is 9.39. The molecule has 5 nitrogen and oxygen atoms in total. The molecule has 1 aromatic rings. The van der Waals surface area contributed by atoms with E-state index in [0.29, 0.717) is 11.3 Å². The van der Waals surface area contributed by atoms with E-state index >= 15 is 0 Å². The maximum Gasteiger partial charge on any atom is 0.208 e. The van der Waals surface area contributed by atoms with Gasteiger partial charge in [0, 0.05) is 11.3 Å². The van der Waals surface area contributed by atoms with Crippen molar-refractivity contribution >= 4 is 11.8 Å². The van der Waals surface area contributed by atoms with Crippen LogP contribution >= 0.6 is 11.8 Å². The fourth-order valence-electron chi connectivity index (χ4n) is 2.44. The zero-order valence-electron chi connectivity index (χ0n) is 11.0. The summed E-state index contributed by atoms with van der Waals surface area (Å²) in [5.74, 6) is 0.836. The van der Waals surface area contributed by atoms with Crippen molar-refractivity contribution in [1.82, 2.24) is 20.5 Å². The normalized spacial score (nSPS) is 27.6. The van der Waals surface area contributed by atoms with Crippen LogP contribution < -0.4 is 5.32 Å². The van der Waals surface area contributed by atoms with Crippen molar-refractivity contribution in [1.29, 1.82) is 5.26 Å². The van der Waals surface area contributed by atoms with Crippen LogP contribution in [0.4, 0.5) is 0 Å². The Bertz CT molecular complexity index is 450. The molecule has 0 aliphatic heterocycles. The summed E-state index contributed by atoms with van der Waals surface area (Å²) in [6, 6.07) is 2.79. The quantitative estimate of drug-likeness (QED) is 0.871. The largest absolute Gasteiger partial charge is 0.297 e. The average Bonchev–Trinajstić information content (AvgIpc) is 2.87. The molecule has 2 atom stereocenters. The van der Waals surface area contributed by atoms with Gasteiger partial charge in [0.05, 0.1) is 6.07 Å². The molecule has 0 radical (unpaired) electrons. The molecule has 0 saturated heterocycles. The maximum absolute atomic E-state index is 9.39. The van der Waals surface area contributed by atoms with Gasteiger partial charge in [0.2, 0.25) is 5.16 Å². The lowest BCUT2D eigenvalue weighted by molar-refractivity contribution is 0.386. The molecule has 1 fully saturated rings. The second-order valence-corrected chi connectivity index (χ2v) is 6.45. The molecule has 1 aromatic heterocycles. The second-order valence-electron chi connectivity index (χ2n) is 5.18. The summed E-state index contributed by atoms with van der Waals surface area (Å²) >= 11 is 1.67. The Morgan fingerprint density at radius 3 is 2.94 bits per heavy atom.